The second kappa shape index (κ2) is 9.06. The van der Waals surface area contributed by atoms with Crippen LogP contribution >= 0.6 is 0 Å². The first kappa shape index (κ1) is 23.1. The number of aliphatic hydroxyl groups is 1. The zero-order valence-corrected chi connectivity index (χ0v) is 19.3. The molecule has 0 spiro atoms. The maximum Gasteiger partial charge on any atom is 0.259 e. The summed E-state index contributed by atoms with van der Waals surface area (Å²) in [5.41, 5.74) is 2.92. The maximum absolute atomic E-state index is 14.7. The van der Waals surface area contributed by atoms with Gasteiger partial charge in [-0.05, 0) is 50.1 Å². The van der Waals surface area contributed by atoms with E-state index in [0.717, 1.165) is 11.1 Å². The molecule has 1 amide bonds. The Morgan fingerprint density at radius 3 is 2.65 bits per heavy atom. The van der Waals surface area contributed by atoms with Crippen LogP contribution in [-0.4, -0.2) is 48.1 Å². The third-order valence-corrected chi connectivity index (χ3v) is 5.37. The first-order chi connectivity index (χ1) is 16.2. The number of aromatic nitrogens is 5. The number of H-pyrrole nitrogens is 1. The largest absolute Gasteiger partial charge is 0.394 e. The van der Waals surface area contributed by atoms with Crippen molar-refractivity contribution in [1.82, 2.24) is 25.0 Å². The van der Waals surface area contributed by atoms with Gasteiger partial charge in [0.25, 0.3) is 5.91 Å². The van der Waals surface area contributed by atoms with Crippen LogP contribution in [0.15, 0.2) is 49.1 Å². The highest BCUT2D eigenvalue weighted by Gasteiger charge is 2.21. The number of anilines is 2. The van der Waals surface area contributed by atoms with Crippen LogP contribution in [-0.2, 0) is 7.05 Å². The van der Waals surface area contributed by atoms with E-state index in [1.54, 1.807) is 30.1 Å². The Labute approximate surface area is 196 Å². The van der Waals surface area contributed by atoms with Crippen molar-refractivity contribution in [1.29, 1.82) is 0 Å². The fourth-order valence-corrected chi connectivity index (χ4v) is 3.52. The lowest BCUT2D eigenvalue weighted by molar-refractivity contribution is 0.102. The van der Waals surface area contributed by atoms with Gasteiger partial charge in [0, 0.05) is 42.2 Å². The van der Waals surface area contributed by atoms with Gasteiger partial charge in [0.15, 0.2) is 0 Å². The summed E-state index contributed by atoms with van der Waals surface area (Å²) in [6, 6.07) is 6.35. The Morgan fingerprint density at radius 1 is 1.21 bits per heavy atom. The van der Waals surface area contributed by atoms with E-state index in [1.807, 2.05) is 33.2 Å². The van der Waals surface area contributed by atoms with Crippen LogP contribution in [0.1, 0.15) is 29.8 Å². The van der Waals surface area contributed by atoms with Crippen molar-refractivity contribution >= 4 is 17.5 Å². The molecule has 0 aliphatic rings. The lowest BCUT2D eigenvalue weighted by atomic mass is 9.96. The molecule has 3 aromatic heterocycles. The monoisotopic (exact) mass is 463 g/mol. The fraction of sp³-hybridized carbons (Fsp3) is 0.250. The second-order valence-corrected chi connectivity index (χ2v) is 8.76. The second-order valence-electron chi connectivity index (χ2n) is 8.76. The van der Waals surface area contributed by atoms with Crippen molar-refractivity contribution in [3.8, 4) is 22.3 Å². The number of nitrogens with one attached hydrogen (secondary N) is 3. The molecule has 0 aliphatic carbocycles. The Kier molecular flexibility index (Phi) is 6.16. The highest BCUT2D eigenvalue weighted by molar-refractivity contribution is 6.05. The van der Waals surface area contributed by atoms with Crippen LogP contribution in [0.2, 0.25) is 0 Å². The van der Waals surface area contributed by atoms with E-state index in [1.165, 1.54) is 18.3 Å². The number of benzene rings is 1. The highest BCUT2D eigenvalue weighted by Crippen LogP contribution is 2.34. The molecule has 4 rings (SSSR count). The van der Waals surface area contributed by atoms with Crippen LogP contribution in [0.3, 0.4) is 0 Å². The number of rotatable bonds is 7. The van der Waals surface area contributed by atoms with E-state index in [-0.39, 0.29) is 12.2 Å². The molecule has 0 aliphatic heterocycles. The summed E-state index contributed by atoms with van der Waals surface area (Å²) in [5, 5.41) is 26.2. The number of hydrogen-bond donors (Lipinski definition) is 4. The SMILES string of the molecule is Cc1cc(F)c(C(=O)Nc2ccn[nH]2)cc1-c1cnc(NC(C)(C)CO)c(-c2cnn(C)c2)c1. The lowest BCUT2D eigenvalue weighted by Crippen LogP contribution is -2.35. The first-order valence-corrected chi connectivity index (χ1v) is 10.7. The molecule has 3 heterocycles. The van der Waals surface area contributed by atoms with Crippen molar-refractivity contribution in [2.24, 2.45) is 7.05 Å². The molecule has 0 atom stereocenters. The number of amides is 1. The summed E-state index contributed by atoms with van der Waals surface area (Å²) < 4.78 is 16.4. The topological polar surface area (TPSA) is 121 Å². The van der Waals surface area contributed by atoms with Gasteiger partial charge in [0.1, 0.15) is 17.5 Å². The van der Waals surface area contributed by atoms with Gasteiger partial charge in [0.2, 0.25) is 0 Å². The first-order valence-electron chi connectivity index (χ1n) is 10.7. The molecule has 1 aromatic carbocycles. The molecule has 34 heavy (non-hydrogen) atoms. The minimum Gasteiger partial charge on any atom is -0.394 e. The van der Waals surface area contributed by atoms with Gasteiger partial charge in [-0.3, -0.25) is 14.6 Å². The van der Waals surface area contributed by atoms with Gasteiger partial charge in [-0.25, -0.2) is 9.37 Å². The Hall–Kier alpha value is -4.05. The van der Waals surface area contributed by atoms with Crippen molar-refractivity contribution in [3.63, 3.8) is 0 Å². The predicted octanol–water partition coefficient (Wildman–Crippen LogP) is 3.75. The van der Waals surface area contributed by atoms with Gasteiger partial charge in [-0.2, -0.15) is 10.2 Å². The third kappa shape index (κ3) is 4.81. The molecule has 0 saturated heterocycles. The number of aromatic amines is 1. The Morgan fingerprint density at radius 2 is 2.00 bits per heavy atom. The van der Waals surface area contributed by atoms with E-state index in [4.69, 9.17) is 0 Å². The van der Waals surface area contributed by atoms with Crippen LogP contribution in [0, 0.1) is 12.7 Å². The van der Waals surface area contributed by atoms with Crippen molar-refractivity contribution in [2.45, 2.75) is 26.3 Å². The molecule has 10 heteroatoms. The van der Waals surface area contributed by atoms with Crippen molar-refractivity contribution in [3.05, 3.63) is 66.0 Å². The van der Waals surface area contributed by atoms with Crippen molar-refractivity contribution in [2.75, 3.05) is 17.2 Å². The summed E-state index contributed by atoms with van der Waals surface area (Å²) in [6.45, 7) is 5.42. The van der Waals surface area contributed by atoms with E-state index in [2.05, 4.69) is 30.9 Å². The molecule has 4 N–H and O–H groups in total. The molecule has 0 bridgehead atoms. The van der Waals surface area contributed by atoms with Gasteiger partial charge >= 0.3 is 0 Å². The zero-order valence-electron chi connectivity index (χ0n) is 19.3. The molecule has 9 nitrogen and oxygen atoms in total. The molecular weight excluding hydrogens is 437 g/mol. The Balaban J connectivity index is 1.78. The number of pyridine rings is 1. The minimum absolute atomic E-state index is 0.0885. The predicted molar refractivity (Wildman–Crippen MR) is 128 cm³/mol. The minimum atomic E-state index is -0.623. The third-order valence-electron chi connectivity index (χ3n) is 5.37. The number of halogens is 1. The normalized spacial score (nSPS) is 11.5. The number of hydrogen-bond acceptors (Lipinski definition) is 6. The van der Waals surface area contributed by atoms with Gasteiger partial charge < -0.3 is 15.7 Å². The summed E-state index contributed by atoms with van der Waals surface area (Å²) >= 11 is 0. The molecule has 176 valence electrons. The van der Waals surface area contributed by atoms with Gasteiger partial charge in [-0.1, -0.05) is 0 Å². The quantitative estimate of drug-likeness (QED) is 0.331. The van der Waals surface area contributed by atoms with Gasteiger partial charge in [0.05, 0.1) is 30.1 Å². The summed E-state index contributed by atoms with van der Waals surface area (Å²) in [7, 11) is 1.82. The number of carbonyl (C=O) groups is 1. The average Bonchev–Trinajstić information content (AvgIpc) is 3.46. The van der Waals surface area contributed by atoms with Gasteiger partial charge in [-0.15, -0.1) is 0 Å². The number of aliphatic hydroxyl groups excluding tert-OH is 1. The lowest BCUT2D eigenvalue weighted by Gasteiger charge is -2.26. The van der Waals surface area contributed by atoms with E-state index in [0.29, 0.717) is 28.3 Å². The number of carbonyl (C=O) groups excluding carboxylic acids is 1. The molecule has 0 unspecified atom stereocenters. The number of aryl methyl sites for hydroxylation is 2. The summed E-state index contributed by atoms with van der Waals surface area (Å²) in [4.78, 5) is 17.3. The van der Waals surface area contributed by atoms with Crippen LogP contribution in [0.25, 0.3) is 22.3 Å². The number of nitrogens with zero attached hydrogens (tertiary/aromatic N) is 4. The molecule has 0 radical (unpaired) electrons. The average molecular weight is 464 g/mol. The standard InChI is InChI=1S/C24H26FN7O2/c1-14-7-20(25)19(23(34)29-21-5-6-27-31-21)9-17(14)15-8-18(16-11-28-32(4)12-16)22(26-10-15)30-24(2,3)13-33/h5-12,33H,13H2,1-4H3,(H,26,30)(H2,27,29,31,34). The molecule has 0 saturated carbocycles. The van der Waals surface area contributed by atoms with Crippen LogP contribution in [0.5, 0.6) is 0 Å². The molecular formula is C24H26FN7O2. The van der Waals surface area contributed by atoms with E-state index < -0.39 is 17.3 Å². The van der Waals surface area contributed by atoms with E-state index in [9.17, 15) is 14.3 Å². The summed E-state index contributed by atoms with van der Waals surface area (Å²) in [5.74, 6) is -0.269. The smallest absolute Gasteiger partial charge is 0.259 e. The zero-order chi connectivity index (χ0) is 24.5. The fourth-order valence-electron chi connectivity index (χ4n) is 3.52. The Bertz CT molecular complexity index is 1330. The summed E-state index contributed by atoms with van der Waals surface area (Å²) in [6.07, 6.45) is 6.73. The van der Waals surface area contributed by atoms with Crippen molar-refractivity contribution < 1.29 is 14.3 Å². The molecule has 0 fully saturated rings. The maximum atomic E-state index is 14.7. The highest BCUT2D eigenvalue weighted by atomic mass is 19.1. The van der Waals surface area contributed by atoms with Crippen LogP contribution in [0.4, 0.5) is 16.0 Å². The molecule has 4 aromatic rings. The van der Waals surface area contributed by atoms with E-state index >= 15 is 0 Å². The van der Waals surface area contributed by atoms with Crippen LogP contribution < -0.4 is 10.6 Å².